The largest absolute Gasteiger partial charge is 0.494 e. The molecule has 0 aliphatic carbocycles. The van der Waals surface area contributed by atoms with Crippen molar-refractivity contribution in [3.63, 3.8) is 0 Å². The third-order valence-corrected chi connectivity index (χ3v) is 4.89. The first-order chi connectivity index (χ1) is 14.2. The van der Waals surface area contributed by atoms with Gasteiger partial charge in [0.05, 0.1) is 31.3 Å². The van der Waals surface area contributed by atoms with Gasteiger partial charge in [-0.1, -0.05) is 11.6 Å². The second kappa shape index (κ2) is 12.0. The molecule has 3 rings (SSSR count). The fourth-order valence-corrected chi connectivity index (χ4v) is 3.14. The maximum absolute atomic E-state index is 12.2. The predicted octanol–water partition coefficient (Wildman–Crippen LogP) is 4.04. The SMILES string of the molecule is O=C1CC(OCCCCCOc2ccc(Cl)cn2)=COC1COC1CCCCO1. The van der Waals surface area contributed by atoms with Gasteiger partial charge in [-0.3, -0.25) is 4.79 Å². The van der Waals surface area contributed by atoms with Crippen LogP contribution in [0.5, 0.6) is 5.88 Å². The van der Waals surface area contributed by atoms with E-state index in [0.29, 0.717) is 36.5 Å². The molecule has 0 aromatic carbocycles. The van der Waals surface area contributed by atoms with Gasteiger partial charge in [0.15, 0.2) is 18.2 Å². The van der Waals surface area contributed by atoms with E-state index in [4.69, 9.17) is 35.3 Å². The first kappa shape index (κ1) is 21.9. The third kappa shape index (κ3) is 7.84. The van der Waals surface area contributed by atoms with Gasteiger partial charge in [-0.05, 0) is 44.6 Å². The summed E-state index contributed by atoms with van der Waals surface area (Å²) in [5.41, 5.74) is 0. The van der Waals surface area contributed by atoms with Crippen LogP contribution in [0.1, 0.15) is 44.9 Å². The molecular weight excluding hydrogens is 398 g/mol. The molecule has 0 bridgehead atoms. The number of hydrogen-bond donors (Lipinski definition) is 0. The molecular formula is C21H28ClNO6. The summed E-state index contributed by atoms with van der Waals surface area (Å²) in [6.07, 6.45) is 8.27. The molecule has 7 nitrogen and oxygen atoms in total. The van der Waals surface area contributed by atoms with E-state index < -0.39 is 6.10 Å². The monoisotopic (exact) mass is 425 g/mol. The van der Waals surface area contributed by atoms with Crippen LogP contribution in [-0.2, 0) is 23.7 Å². The molecule has 0 spiro atoms. The molecule has 8 heteroatoms. The summed E-state index contributed by atoms with van der Waals surface area (Å²) in [6, 6.07) is 3.50. The Hall–Kier alpha value is -1.83. The maximum Gasteiger partial charge on any atom is 0.213 e. The number of halogens is 1. The van der Waals surface area contributed by atoms with Gasteiger partial charge in [0, 0.05) is 18.9 Å². The zero-order valence-corrected chi connectivity index (χ0v) is 17.3. The van der Waals surface area contributed by atoms with Crippen LogP contribution < -0.4 is 4.74 Å². The van der Waals surface area contributed by atoms with Gasteiger partial charge in [-0.2, -0.15) is 0 Å². The Morgan fingerprint density at radius 3 is 2.72 bits per heavy atom. The van der Waals surface area contributed by atoms with Gasteiger partial charge in [-0.15, -0.1) is 0 Å². The first-order valence-corrected chi connectivity index (χ1v) is 10.6. The second-order valence-corrected chi connectivity index (χ2v) is 7.49. The number of unbranched alkanes of at least 4 members (excludes halogenated alkanes) is 2. The Morgan fingerprint density at radius 1 is 1.14 bits per heavy atom. The average Bonchev–Trinajstić information content (AvgIpc) is 2.74. The number of rotatable bonds is 11. The number of ether oxygens (including phenoxy) is 5. The number of carbonyl (C=O) groups is 1. The average molecular weight is 426 g/mol. The smallest absolute Gasteiger partial charge is 0.213 e. The lowest BCUT2D eigenvalue weighted by Crippen LogP contribution is -2.34. The van der Waals surface area contributed by atoms with E-state index in [-0.39, 0.29) is 25.1 Å². The molecule has 160 valence electrons. The fraction of sp³-hybridized carbons (Fsp3) is 0.619. The van der Waals surface area contributed by atoms with Crippen molar-refractivity contribution in [1.29, 1.82) is 0 Å². The van der Waals surface area contributed by atoms with E-state index in [1.165, 1.54) is 6.26 Å². The Bertz CT molecular complexity index is 660. The van der Waals surface area contributed by atoms with Gasteiger partial charge in [0.2, 0.25) is 5.88 Å². The number of nitrogens with zero attached hydrogens (tertiary/aromatic N) is 1. The van der Waals surface area contributed by atoms with Crippen LogP contribution in [-0.4, -0.2) is 49.6 Å². The van der Waals surface area contributed by atoms with Gasteiger partial charge < -0.3 is 23.7 Å². The quantitative estimate of drug-likeness (QED) is 0.495. The van der Waals surface area contributed by atoms with Crippen molar-refractivity contribution in [2.45, 2.75) is 57.3 Å². The van der Waals surface area contributed by atoms with Crippen LogP contribution >= 0.6 is 11.6 Å². The fourth-order valence-electron chi connectivity index (χ4n) is 3.02. The molecule has 0 N–H and O–H groups in total. The number of ketones is 1. The highest BCUT2D eigenvalue weighted by Gasteiger charge is 2.27. The molecule has 1 aromatic rings. The van der Waals surface area contributed by atoms with Crippen molar-refractivity contribution in [1.82, 2.24) is 4.98 Å². The van der Waals surface area contributed by atoms with Crippen LogP contribution in [0.2, 0.25) is 5.02 Å². The summed E-state index contributed by atoms with van der Waals surface area (Å²) in [4.78, 5) is 16.3. The number of carbonyl (C=O) groups excluding carboxylic acids is 1. The molecule has 2 unspecified atom stereocenters. The molecule has 0 radical (unpaired) electrons. The van der Waals surface area contributed by atoms with Crippen molar-refractivity contribution in [3.05, 3.63) is 35.4 Å². The Labute approximate surface area is 176 Å². The van der Waals surface area contributed by atoms with E-state index in [2.05, 4.69) is 4.98 Å². The normalized spacial score (nSPS) is 22.0. The van der Waals surface area contributed by atoms with E-state index in [1.54, 1.807) is 18.3 Å². The molecule has 1 fully saturated rings. The third-order valence-electron chi connectivity index (χ3n) is 4.67. The summed E-state index contributed by atoms with van der Waals surface area (Å²) < 4.78 is 27.8. The minimum atomic E-state index is -0.577. The van der Waals surface area contributed by atoms with E-state index in [1.807, 2.05) is 0 Å². The molecule has 0 saturated carbocycles. The lowest BCUT2D eigenvalue weighted by atomic mass is 10.1. The topological polar surface area (TPSA) is 76.1 Å². The number of allylic oxidation sites excluding steroid dienone is 1. The van der Waals surface area contributed by atoms with Crippen LogP contribution in [0, 0.1) is 0 Å². The number of hydrogen-bond acceptors (Lipinski definition) is 7. The van der Waals surface area contributed by atoms with E-state index in [9.17, 15) is 4.79 Å². The molecule has 0 amide bonds. The molecule has 1 aromatic heterocycles. The Kier molecular flexibility index (Phi) is 9.05. The predicted molar refractivity (Wildman–Crippen MR) is 107 cm³/mol. The highest BCUT2D eigenvalue weighted by atomic mass is 35.5. The molecule has 29 heavy (non-hydrogen) atoms. The van der Waals surface area contributed by atoms with Crippen LogP contribution in [0.4, 0.5) is 0 Å². The zero-order chi connectivity index (χ0) is 20.3. The maximum atomic E-state index is 12.2. The molecule has 2 aliphatic rings. The summed E-state index contributed by atoms with van der Waals surface area (Å²) >= 11 is 5.78. The molecule has 2 aliphatic heterocycles. The van der Waals surface area contributed by atoms with Crippen molar-refractivity contribution in [3.8, 4) is 5.88 Å². The summed E-state index contributed by atoms with van der Waals surface area (Å²) in [7, 11) is 0. The van der Waals surface area contributed by atoms with Gasteiger partial charge >= 0.3 is 0 Å². The zero-order valence-electron chi connectivity index (χ0n) is 16.5. The van der Waals surface area contributed by atoms with Crippen molar-refractivity contribution >= 4 is 17.4 Å². The second-order valence-electron chi connectivity index (χ2n) is 7.05. The van der Waals surface area contributed by atoms with Crippen molar-refractivity contribution in [2.24, 2.45) is 0 Å². The molecule has 3 heterocycles. The summed E-state index contributed by atoms with van der Waals surface area (Å²) in [5.74, 6) is 1.12. The van der Waals surface area contributed by atoms with Crippen LogP contribution in [0.15, 0.2) is 30.4 Å². The minimum Gasteiger partial charge on any atom is -0.494 e. The van der Waals surface area contributed by atoms with Crippen molar-refractivity contribution in [2.75, 3.05) is 26.4 Å². The van der Waals surface area contributed by atoms with Crippen LogP contribution in [0.25, 0.3) is 0 Å². The van der Waals surface area contributed by atoms with Gasteiger partial charge in [0.25, 0.3) is 0 Å². The lowest BCUT2D eigenvalue weighted by molar-refractivity contribution is -0.179. The Morgan fingerprint density at radius 2 is 2.00 bits per heavy atom. The summed E-state index contributed by atoms with van der Waals surface area (Å²) in [6.45, 7) is 2.06. The Balaban J connectivity index is 1.23. The standard InChI is InChI=1S/C21H28ClNO6/c22-16-7-8-20(23-13-16)26-10-4-1-3-9-25-17-12-18(24)19(28-14-17)15-29-21-6-2-5-11-27-21/h7-8,13-14,19,21H,1-6,9-12,15H2. The molecule has 1 saturated heterocycles. The van der Waals surface area contributed by atoms with Crippen molar-refractivity contribution < 1.29 is 28.5 Å². The number of pyridine rings is 1. The van der Waals surface area contributed by atoms with E-state index >= 15 is 0 Å². The summed E-state index contributed by atoms with van der Waals surface area (Å²) in [5, 5.41) is 0.589. The van der Waals surface area contributed by atoms with Gasteiger partial charge in [0.1, 0.15) is 12.0 Å². The lowest BCUT2D eigenvalue weighted by Gasteiger charge is -2.26. The number of Topliss-reactive ketones (excluding diaryl/α,β-unsaturated/α-hetero) is 1. The highest BCUT2D eigenvalue weighted by molar-refractivity contribution is 6.30. The first-order valence-electron chi connectivity index (χ1n) is 10.2. The molecule has 2 atom stereocenters. The van der Waals surface area contributed by atoms with Crippen LogP contribution in [0.3, 0.4) is 0 Å². The highest BCUT2D eigenvalue weighted by Crippen LogP contribution is 2.19. The minimum absolute atomic E-state index is 0.0258. The van der Waals surface area contributed by atoms with E-state index in [0.717, 1.165) is 38.5 Å². The number of aromatic nitrogens is 1. The van der Waals surface area contributed by atoms with Gasteiger partial charge in [-0.25, -0.2) is 4.98 Å².